The van der Waals surface area contributed by atoms with E-state index in [2.05, 4.69) is 24.9 Å². The molecule has 2 heteroatoms. The second-order valence-corrected chi connectivity index (χ2v) is 2.53. The largest absolute Gasteiger partial charge is 0.384 e. The van der Waals surface area contributed by atoms with Gasteiger partial charge >= 0.3 is 0 Å². The molecule has 1 N–H and O–H groups in total. The molecule has 0 saturated heterocycles. The van der Waals surface area contributed by atoms with E-state index in [0.29, 0.717) is 0 Å². The molecule has 0 amide bonds. The summed E-state index contributed by atoms with van der Waals surface area (Å²) in [5, 5.41) is 3.20. The van der Waals surface area contributed by atoms with Crippen LogP contribution < -0.4 is 5.32 Å². The zero-order valence-electron chi connectivity index (χ0n) is 5.96. The van der Waals surface area contributed by atoms with Gasteiger partial charge in [-0.1, -0.05) is 12.1 Å². The van der Waals surface area contributed by atoms with E-state index in [1.54, 1.807) is 0 Å². The van der Waals surface area contributed by atoms with Gasteiger partial charge in [-0.15, -0.1) is 12.6 Å². The van der Waals surface area contributed by atoms with Crippen molar-refractivity contribution in [2.24, 2.45) is 0 Å². The van der Waals surface area contributed by atoms with Gasteiger partial charge < -0.3 is 5.32 Å². The number of rotatable bonds is 2. The molecule has 0 fully saturated rings. The second kappa shape index (κ2) is 3.52. The fourth-order valence-electron chi connectivity index (χ4n) is 0.814. The Kier molecular flexibility index (Phi) is 2.63. The molecule has 54 valence electrons. The number of nitrogens with one attached hydrogen (secondary N) is 1. The summed E-state index contributed by atoms with van der Waals surface area (Å²) in [6.07, 6.45) is 0. The molecule has 0 aliphatic rings. The summed E-state index contributed by atoms with van der Waals surface area (Å²) in [5.41, 5.74) is 1.10. The van der Waals surface area contributed by atoms with Crippen LogP contribution in [0.25, 0.3) is 0 Å². The average Bonchev–Trinajstić information content (AvgIpc) is 1.94. The summed E-state index contributed by atoms with van der Waals surface area (Å²) >= 11 is 4.27. The molecule has 0 spiro atoms. The lowest BCUT2D eigenvalue weighted by atomic mass is 10.3. The van der Waals surface area contributed by atoms with Crippen LogP contribution in [-0.4, -0.2) is 6.54 Å². The first-order valence-electron chi connectivity index (χ1n) is 3.36. The summed E-state index contributed by atoms with van der Waals surface area (Å²) in [5.74, 6) is 0. The van der Waals surface area contributed by atoms with Crippen molar-refractivity contribution in [3.63, 3.8) is 0 Å². The third-order valence-electron chi connectivity index (χ3n) is 1.27. The first-order chi connectivity index (χ1) is 4.84. The van der Waals surface area contributed by atoms with Gasteiger partial charge in [0.05, 0.1) is 0 Å². The Morgan fingerprint density at radius 2 is 2.10 bits per heavy atom. The van der Waals surface area contributed by atoms with Gasteiger partial charge in [0, 0.05) is 17.1 Å². The molecule has 1 aromatic rings. The van der Waals surface area contributed by atoms with E-state index < -0.39 is 0 Å². The Balaban J connectivity index is 2.81. The van der Waals surface area contributed by atoms with Gasteiger partial charge in [0.25, 0.3) is 0 Å². The molecule has 0 aliphatic heterocycles. The Bertz CT molecular complexity index is 210. The quantitative estimate of drug-likeness (QED) is 0.622. The fourth-order valence-corrected chi connectivity index (χ4v) is 1.05. The molecule has 0 aliphatic carbocycles. The highest BCUT2D eigenvalue weighted by molar-refractivity contribution is 7.80. The SMILES string of the molecule is CCNc1ccccc1S. The monoisotopic (exact) mass is 153 g/mol. The third kappa shape index (κ3) is 1.67. The lowest BCUT2D eigenvalue weighted by Crippen LogP contribution is -1.96. The maximum atomic E-state index is 4.27. The maximum Gasteiger partial charge on any atom is 0.0475 e. The highest BCUT2D eigenvalue weighted by Crippen LogP contribution is 2.17. The molecule has 10 heavy (non-hydrogen) atoms. The lowest BCUT2D eigenvalue weighted by Gasteiger charge is -2.04. The fraction of sp³-hybridized carbons (Fsp3) is 0.250. The minimum atomic E-state index is 0.942. The standard InChI is InChI=1S/C8H11NS/c1-2-9-7-5-3-4-6-8(7)10/h3-6,9-10H,2H2,1H3. The van der Waals surface area contributed by atoms with Crippen molar-refractivity contribution >= 4 is 18.3 Å². The summed E-state index contributed by atoms with van der Waals surface area (Å²) < 4.78 is 0. The zero-order valence-corrected chi connectivity index (χ0v) is 6.86. The van der Waals surface area contributed by atoms with Gasteiger partial charge in [0.15, 0.2) is 0 Å². The van der Waals surface area contributed by atoms with E-state index in [-0.39, 0.29) is 0 Å². The summed E-state index contributed by atoms with van der Waals surface area (Å²) in [4.78, 5) is 1.00. The first-order valence-corrected chi connectivity index (χ1v) is 3.81. The Hall–Kier alpha value is -0.630. The number of hydrogen-bond acceptors (Lipinski definition) is 2. The zero-order chi connectivity index (χ0) is 7.40. The normalized spacial score (nSPS) is 9.40. The van der Waals surface area contributed by atoms with Crippen LogP contribution in [-0.2, 0) is 0 Å². The van der Waals surface area contributed by atoms with Crippen molar-refractivity contribution < 1.29 is 0 Å². The van der Waals surface area contributed by atoms with Gasteiger partial charge in [-0.05, 0) is 19.1 Å². The molecule has 0 heterocycles. The smallest absolute Gasteiger partial charge is 0.0475 e. The van der Waals surface area contributed by atoms with Gasteiger partial charge in [-0.3, -0.25) is 0 Å². The van der Waals surface area contributed by atoms with Gasteiger partial charge in [0.2, 0.25) is 0 Å². The molecular formula is C8H11NS. The molecule has 0 unspecified atom stereocenters. The van der Waals surface area contributed by atoms with Crippen LogP contribution in [0.1, 0.15) is 6.92 Å². The van der Waals surface area contributed by atoms with Gasteiger partial charge in [0.1, 0.15) is 0 Å². The Morgan fingerprint density at radius 3 is 2.70 bits per heavy atom. The first kappa shape index (κ1) is 7.48. The molecule has 1 nitrogen and oxygen atoms in total. The van der Waals surface area contributed by atoms with Crippen molar-refractivity contribution in [2.75, 3.05) is 11.9 Å². The molecule has 0 bridgehead atoms. The minimum Gasteiger partial charge on any atom is -0.384 e. The summed E-state index contributed by atoms with van der Waals surface area (Å²) in [6.45, 7) is 3.01. The molecule has 0 atom stereocenters. The Labute approximate surface area is 66.9 Å². The summed E-state index contributed by atoms with van der Waals surface area (Å²) in [7, 11) is 0. The molecular weight excluding hydrogens is 142 g/mol. The predicted molar refractivity (Wildman–Crippen MR) is 47.9 cm³/mol. The maximum absolute atomic E-state index is 4.27. The number of thiol groups is 1. The van der Waals surface area contributed by atoms with Crippen LogP contribution in [0.2, 0.25) is 0 Å². The summed E-state index contributed by atoms with van der Waals surface area (Å²) in [6, 6.07) is 7.97. The van der Waals surface area contributed by atoms with Crippen LogP contribution in [0.15, 0.2) is 29.2 Å². The van der Waals surface area contributed by atoms with E-state index in [4.69, 9.17) is 0 Å². The number of para-hydroxylation sites is 1. The molecule has 0 aromatic heterocycles. The second-order valence-electron chi connectivity index (χ2n) is 2.05. The third-order valence-corrected chi connectivity index (χ3v) is 1.66. The molecule has 1 aromatic carbocycles. The molecule has 1 rings (SSSR count). The molecule has 0 saturated carbocycles. The van der Waals surface area contributed by atoms with E-state index in [9.17, 15) is 0 Å². The number of hydrogen-bond donors (Lipinski definition) is 2. The van der Waals surface area contributed by atoms with E-state index in [1.807, 2.05) is 24.3 Å². The van der Waals surface area contributed by atoms with Crippen LogP contribution >= 0.6 is 12.6 Å². The van der Waals surface area contributed by atoms with E-state index >= 15 is 0 Å². The number of anilines is 1. The van der Waals surface area contributed by atoms with Crippen molar-refractivity contribution in [3.05, 3.63) is 24.3 Å². The van der Waals surface area contributed by atoms with Crippen molar-refractivity contribution in [2.45, 2.75) is 11.8 Å². The Morgan fingerprint density at radius 1 is 1.40 bits per heavy atom. The van der Waals surface area contributed by atoms with Gasteiger partial charge in [-0.25, -0.2) is 0 Å². The van der Waals surface area contributed by atoms with Crippen LogP contribution in [0.4, 0.5) is 5.69 Å². The van der Waals surface area contributed by atoms with E-state index in [1.165, 1.54) is 0 Å². The lowest BCUT2D eigenvalue weighted by molar-refractivity contribution is 1.19. The van der Waals surface area contributed by atoms with Crippen molar-refractivity contribution in [3.8, 4) is 0 Å². The highest BCUT2D eigenvalue weighted by Gasteiger charge is 1.91. The number of benzene rings is 1. The molecule has 0 radical (unpaired) electrons. The van der Waals surface area contributed by atoms with Crippen LogP contribution in [0.5, 0.6) is 0 Å². The van der Waals surface area contributed by atoms with E-state index in [0.717, 1.165) is 17.1 Å². The van der Waals surface area contributed by atoms with Crippen LogP contribution in [0, 0.1) is 0 Å². The van der Waals surface area contributed by atoms with Crippen molar-refractivity contribution in [1.29, 1.82) is 0 Å². The predicted octanol–water partition coefficient (Wildman–Crippen LogP) is 2.41. The topological polar surface area (TPSA) is 12.0 Å². The average molecular weight is 153 g/mol. The van der Waals surface area contributed by atoms with Crippen LogP contribution in [0.3, 0.4) is 0 Å². The minimum absolute atomic E-state index is 0.942. The van der Waals surface area contributed by atoms with Gasteiger partial charge in [-0.2, -0.15) is 0 Å². The van der Waals surface area contributed by atoms with Crippen molar-refractivity contribution in [1.82, 2.24) is 0 Å². The highest BCUT2D eigenvalue weighted by atomic mass is 32.1.